The monoisotopic (exact) mass is 179 g/mol. The van der Waals surface area contributed by atoms with Gasteiger partial charge in [-0.2, -0.15) is 0 Å². The molecule has 0 aromatic carbocycles. The zero-order valence-electron chi connectivity index (χ0n) is 6.11. The number of sulfonamides is 1. The number of carbonyl (C=O) groups excluding carboxylic acids is 1. The average molecular weight is 179 g/mol. The second-order valence-corrected chi connectivity index (χ2v) is 3.42. The minimum absolute atomic E-state index is 0.0595. The first kappa shape index (κ1) is 10.3. The summed E-state index contributed by atoms with van der Waals surface area (Å²) in [7, 11) is -3.63. The van der Waals surface area contributed by atoms with Crippen LogP contribution in [0.5, 0.6) is 0 Å². The molecule has 0 fully saturated rings. The van der Waals surface area contributed by atoms with E-state index < -0.39 is 10.0 Å². The summed E-state index contributed by atoms with van der Waals surface area (Å²) in [6.45, 7) is 2.25. The second kappa shape index (κ2) is 5.01. The Hall–Kier alpha value is -0.710. The van der Waals surface area contributed by atoms with Crippen molar-refractivity contribution in [2.75, 3.05) is 19.0 Å². The van der Waals surface area contributed by atoms with Gasteiger partial charge >= 0.3 is 0 Å². The molecular formula is C5H9NO4S. The van der Waals surface area contributed by atoms with E-state index in [4.69, 9.17) is 4.74 Å². The van der Waals surface area contributed by atoms with E-state index >= 15 is 0 Å². The lowest BCUT2D eigenvalue weighted by atomic mass is 10.8. The SMILES string of the molecule is CCOCCS(=O)(=O)N=C=O. The van der Waals surface area contributed by atoms with Gasteiger partial charge in [0.15, 0.2) is 0 Å². The van der Waals surface area contributed by atoms with E-state index in [1.54, 1.807) is 6.92 Å². The van der Waals surface area contributed by atoms with Gasteiger partial charge in [-0.1, -0.05) is 4.40 Å². The van der Waals surface area contributed by atoms with Gasteiger partial charge in [0, 0.05) is 6.61 Å². The van der Waals surface area contributed by atoms with Gasteiger partial charge in [0.2, 0.25) is 0 Å². The fraction of sp³-hybridized carbons (Fsp3) is 0.800. The van der Waals surface area contributed by atoms with Gasteiger partial charge in [-0.05, 0) is 6.92 Å². The molecule has 0 bridgehead atoms. The first-order valence-corrected chi connectivity index (χ1v) is 4.63. The van der Waals surface area contributed by atoms with Gasteiger partial charge in [-0.25, -0.2) is 13.2 Å². The highest BCUT2D eigenvalue weighted by Gasteiger charge is 2.06. The molecule has 0 heterocycles. The molecule has 0 saturated carbocycles. The molecule has 11 heavy (non-hydrogen) atoms. The summed E-state index contributed by atoms with van der Waals surface area (Å²) >= 11 is 0. The highest BCUT2D eigenvalue weighted by Crippen LogP contribution is 1.89. The fourth-order valence-corrected chi connectivity index (χ4v) is 0.944. The zero-order valence-corrected chi connectivity index (χ0v) is 6.93. The Labute approximate surface area is 65.1 Å². The Morgan fingerprint density at radius 3 is 2.64 bits per heavy atom. The molecule has 0 rings (SSSR count). The average Bonchev–Trinajstić information content (AvgIpc) is 1.87. The maximum absolute atomic E-state index is 10.6. The summed E-state index contributed by atoms with van der Waals surface area (Å²) in [6.07, 6.45) is 0.966. The molecule has 0 atom stereocenters. The van der Waals surface area contributed by atoms with E-state index in [-0.39, 0.29) is 12.4 Å². The molecule has 0 aliphatic heterocycles. The summed E-state index contributed by atoms with van der Waals surface area (Å²) < 4.78 is 28.6. The van der Waals surface area contributed by atoms with E-state index in [2.05, 4.69) is 4.40 Å². The molecule has 0 radical (unpaired) electrons. The normalized spacial score (nSPS) is 10.6. The van der Waals surface area contributed by atoms with Crippen LogP contribution in [0.15, 0.2) is 4.40 Å². The molecule has 0 saturated heterocycles. The van der Waals surface area contributed by atoms with Crippen molar-refractivity contribution in [1.29, 1.82) is 0 Å². The third-order valence-electron chi connectivity index (χ3n) is 0.866. The molecule has 0 aromatic heterocycles. The molecule has 6 heteroatoms. The highest BCUT2D eigenvalue weighted by molar-refractivity contribution is 7.90. The van der Waals surface area contributed by atoms with Gasteiger partial charge in [-0.15, -0.1) is 0 Å². The van der Waals surface area contributed by atoms with Gasteiger partial charge in [0.05, 0.1) is 12.4 Å². The molecule has 5 nitrogen and oxygen atoms in total. The molecule has 0 amide bonds. The lowest BCUT2D eigenvalue weighted by Crippen LogP contribution is -2.09. The minimum atomic E-state index is -3.63. The standard InChI is InChI=1S/C5H9NO4S/c1-2-10-3-4-11(8,9)6-5-7/h2-4H2,1H3. The Morgan fingerprint density at radius 2 is 2.18 bits per heavy atom. The summed E-state index contributed by atoms with van der Waals surface area (Å²) in [5.41, 5.74) is 0. The van der Waals surface area contributed by atoms with Crippen molar-refractivity contribution in [2.45, 2.75) is 6.92 Å². The van der Waals surface area contributed by atoms with E-state index in [0.717, 1.165) is 6.08 Å². The highest BCUT2D eigenvalue weighted by atomic mass is 32.2. The number of hydrogen-bond acceptors (Lipinski definition) is 4. The molecular weight excluding hydrogens is 170 g/mol. The van der Waals surface area contributed by atoms with Crippen LogP contribution >= 0.6 is 0 Å². The summed E-state index contributed by atoms with van der Waals surface area (Å²) in [6, 6.07) is 0. The first-order valence-electron chi connectivity index (χ1n) is 3.02. The minimum Gasteiger partial charge on any atom is -0.381 e. The van der Waals surface area contributed by atoms with Crippen LogP contribution in [-0.4, -0.2) is 33.5 Å². The number of rotatable bonds is 5. The number of isocyanates is 1. The number of nitrogens with zero attached hydrogens (tertiary/aromatic N) is 1. The molecule has 0 aromatic rings. The Kier molecular flexibility index (Phi) is 4.69. The van der Waals surface area contributed by atoms with Gasteiger partial charge in [0.25, 0.3) is 16.1 Å². The molecule has 64 valence electrons. The van der Waals surface area contributed by atoms with E-state index in [0.29, 0.717) is 6.61 Å². The molecule has 0 aliphatic rings. The van der Waals surface area contributed by atoms with Crippen LogP contribution in [0.4, 0.5) is 0 Å². The predicted molar refractivity (Wildman–Crippen MR) is 38.4 cm³/mol. The van der Waals surface area contributed by atoms with Crippen LogP contribution < -0.4 is 0 Å². The van der Waals surface area contributed by atoms with Gasteiger partial charge in [0.1, 0.15) is 0 Å². The molecule has 0 unspecified atom stereocenters. The van der Waals surface area contributed by atoms with Crippen molar-refractivity contribution in [1.82, 2.24) is 0 Å². The largest absolute Gasteiger partial charge is 0.381 e. The lowest BCUT2D eigenvalue weighted by Gasteiger charge is -1.96. The molecule has 0 spiro atoms. The van der Waals surface area contributed by atoms with Crippen LogP contribution in [0.1, 0.15) is 6.92 Å². The van der Waals surface area contributed by atoms with Crippen molar-refractivity contribution >= 4 is 16.1 Å². The summed E-state index contributed by atoms with van der Waals surface area (Å²) in [4.78, 5) is 9.54. The molecule has 0 aliphatic carbocycles. The Balaban J connectivity index is 3.84. The second-order valence-electron chi connectivity index (χ2n) is 1.67. The van der Waals surface area contributed by atoms with Crippen molar-refractivity contribution in [3.63, 3.8) is 0 Å². The third-order valence-corrected chi connectivity index (χ3v) is 1.90. The van der Waals surface area contributed by atoms with Crippen LogP contribution in [0.25, 0.3) is 0 Å². The fourth-order valence-electron chi connectivity index (χ4n) is 0.411. The van der Waals surface area contributed by atoms with Gasteiger partial charge < -0.3 is 4.74 Å². The first-order chi connectivity index (χ1) is 5.12. The quantitative estimate of drug-likeness (QED) is 0.329. The zero-order chi connectivity index (χ0) is 8.74. The smallest absolute Gasteiger partial charge is 0.265 e. The Bertz CT molecular complexity index is 239. The van der Waals surface area contributed by atoms with Gasteiger partial charge in [-0.3, -0.25) is 0 Å². The van der Waals surface area contributed by atoms with Crippen molar-refractivity contribution in [3.8, 4) is 0 Å². The maximum atomic E-state index is 10.6. The van der Waals surface area contributed by atoms with Crippen LogP contribution in [0, 0.1) is 0 Å². The Morgan fingerprint density at radius 1 is 1.55 bits per heavy atom. The topological polar surface area (TPSA) is 72.8 Å². The lowest BCUT2D eigenvalue weighted by molar-refractivity contribution is 0.163. The van der Waals surface area contributed by atoms with Crippen molar-refractivity contribution in [3.05, 3.63) is 0 Å². The molecule has 0 N–H and O–H groups in total. The summed E-state index contributed by atoms with van der Waals surface area (Å²) in [5, 5.41) is 0. The number of hydrogen-bond donors (Lipinski definition) is 0. The van der Waals surface area contributed by atoms with Crippen molar-refractivity contribution < 1.29 is 17.9 Å². The van der Waals surface area contributed by atoms with Crippen LogP contribution in [0.3, 0.4) is 0 Å². The van der Waals surface area contributed by atoms with Crippen molar-refractivity contribution in [2.24, 2.45) is 4.40 Å². The van der Waals surface area contributed by atoms with E-state index in [1.165, 1.54) is 0 Å². The number of ether oxygens (including phenoxy) is 1. The van der Waals surface area contributed by atoms with E-state index in [1.807, 2.05) is 0 Å². The third kappa shape index (κ3) is 5.72. The van der Waals surface area contributed by atoms with Crippen LogP contribution in [-0.2, 0) is 19.6 Å². The van der Waals surface area contributed by atoms with E-state index in [9.17, 15) is 13.2 Å². The summed E-state index contributed by atoms with van der Waals surface area (Å²) in [5.74, 6) is -0.268. The maximum Gasteiger partial charge on any atom is 0.265 e. The predicted octanol–water partition coefficient (Wildman–Crippen LogP) is -0.311. The van der Waals surface area contributed by atoms with Crippen LogP contribution in [0.2, 0.25) is 0 Å².